The molecule has 33 heavy (non-hydrogen) atoms. The van der Waals surface area contributed by atoms with Gasteiger partial charge >= 0.3 is 0 Å². The Hall–Kier alpha value is -3.44. The van der Waals surface area contributed by atoms with Crippen molar-refractivity contribution >= 4 is 22.4 Å². The molecule has 0 saturated heterocycles. The number of nitrogens with one attached hydrogen (secondary N) is 1. The van der Waals surface area contributed by atoms with Gasteiger partial charge in [0.2, 0.25) is 0 Å². The lowest BCUT2D eigenvalue weighted by atomic mass is 9.87. The van der Waals surface area contributed by atoms with Crippen molar-refractivity contribution in [3.05, 3.63) is 58.3 Å². The Morgan fingerprint density at radius 3 is 2.85 bits per heavy atom. The molecule has 0 amide bonds. The monoisotopic (exact) mass is 443 g/mol. The summed E-state index contributed by atoms with van der Waals surface area (Å²) in [7, 11) is 2.02. The Bertz CT molecular complexity index is 1340. The number of benzene rings is 1. The van der Waals surface area contributed by atoms with Crippen molar-refractivity contribution in [1.82, 2.24) is 25.1 Å². The molecule has 2 aromatic heterocycles. The zero-order chi connectivity index (χ0) is 23.3. The number of dihydropyridines is 1. The number of halogens is 1. The van der Waals surface area contributed by atoms with Crippen LogP contribution in [0.1, 0.15) is 55.6 Å². The zero-order valence-electron chi connectivity index (χ0n) is 19.2. The molecular weight excluding hydrogens is 417 g/mol. The maximum Gasteiger partial charge on any atom is 0.199 e. The van der Waals surface area contributed by atoms with Gasteiger partial charge in [0, 0.05) is 36.6 Å². The second kappa shape index (κ2) is 8.16. The molecule has 0 fully saturated rings. The van der Waals surface area contributed by atoms with Crippen molar-refractivity contribution < 1.29 is 4.39 Å². The first kappa shape index (κ1) is 21.4. The summed E-state index contributed by atoms with van der Waals surface area (Å²) in [4.78, 5) is 16.7. The summed E-state index contributed by atoms with van der Waals surface area (Å²) in [5, 5.41) is 17.5. The number of nitrogens with zero attached hydrogens (tertiary/aromatic N) is 6. The van der Waals surface area contributed by atoms with E-state index in [4.69, 9.17) is 9.98 Å². The summed E-state index contributed by atoms with van der Waals surface area (Å²) >= 11 is 0. The quantitative estimate of drug-likeness (QED) is 0.607. The van der Waals surface area contributed by atoms with Crippen LogP contribution in [0.2, 0.25) is 0 Å². The van der Waals surface area contributed by atoms with Crippen LogP contribution in [-0.4, -0.2) is 50.4 Å². The number of rotatable bonds is 1. The van der Waals surface area contributed by atoms with Crippen molar-refractivity contribution in [2.45, 2.75) is 45.7 Å². The van der Waals surface area contributed by atoms with Crippen LogP contribution in [-0.2, 0) is 6.54 Å². The highest BCUT2D eigenvalue weighted by Gasteiger charge is 2.30. The molecule has 2 aliphatic heterocycles. The highest BCUT2D eigenvalue weighted by molar-refractivity contribution is 6.26. The summed E-state index contributed by atoms with van der Waals surface area (Å²) in [5.74, 6) is -0.119. The summed E-state index contributed by atoms with van der Waals surface area (Å²) in [5.41, 5.74) is 6.77. The van der Waals surface area contributed by atoms with Crippen LogP contribution in [0.15, 0.2) is 35.0 Å². The molecule has 2 atom stereocenters. The van der Waals surface area contributed by atoms with E-state index >= 15 is 0 Å². The third-order valence-electron chi connectivity index (χ3n) is 6.64. The van der Waals surface area contributed by atoms with Gasteiger partial charge in [0.05, 0.1) is 35.4 Å². The van der Waals surface area contributed by atoms with Gasteiger partial charge in [-0.15, -0.1) is 0 Å². The number of aromatic nitrogens is 4. The summed E-state index contributed by atoms with van der Waals surface area (Å²) in [6.07, 6.45) is 2.27. The first-order chi connectivity index (χ1) is 15.9. The van der Waals surface area contributed by atoms with Gasteiger partial charge in [0.1, 0.15) is 11.3 Å². The molecule has 8 heteroatoms. The van der Waals surface area contributed by atoms with Gasteiger partial charge in [0.25, 0.3) is 0 Å². The molecule has 0 spiro atoms. The van der Waals surface area contributed by atoms with Gasteiger partial charge in [-0.3, -0.25) is 15.0 Å². The Morgan fingerprint density at radius 1 is 1.27 bits per heavy atom. The van der Waals surface area contributed by atoms with Gasteiger partial charge in [-0.05, 0) is 36.2 Å². The molecule has 0 aliphatic carbocycles. The third kappa shape index (κ3) is 3.72. The molecule has 5 rings (SSSR count). The first-order valence-corrected chi connectivity index (χ1v) is 11.2. The van der Waals surface area contributed by atoms with E-state index in [0.29, 0.717) is 47.9 Å². The van der Waals surface area contributed by atoms with Gasteiger partial charge in [0.15, 0.2) is 5.65 Å². The Morgan fingerprint density at radius 2 is 2.09 bits per heavy atom. The highest BCUT2D eigenvalue weighted by Crippen LogP contribution is 2.35. The van der Waals surface area contributed by atoms with Crippen molar-refractivity contribution in [1.29, 1.82) is 5.26 Å². The van der Waals surface area contributed by atoms with Crippen LogP contribution in [0.3, 0.4) is 0 Å². The van der Waals surface area contributed by atoms with Crippen molar-refractivity contribution in [2.24, 2.45) is 10.9 Å². The number of aliphatic imine (C=N–C) groups is 1. The molecule has 2 unspecified atom stereocenters. The molecule has 3 aromatic rings. The molecular formula is C25H26FN7. The molecule has 2 bridgehead atoms. The lowest BCUT2D eigenvalue weighted by molar-refractivity contribution is 0.370. The Balaban J connectivity index is 1.78. The van der Waals surface area contributed by atoms with Gasteiger partial charge in [-0.25, -0.2) is 14.4 Å². The van der Waals surface area contributed by atoms with Crippen LogP contribution in [0.5, 0.6) is 0 Å². The number of nitriles is 1. The molecule has 4 heterocycles. The number of hydrogen-bond acceptors (Lipinski definition) is 6. The van der Waals surface area contributed by atoms with Gasteiger partial charge in [-0.2, -0.15) is 10.4 Å². The zero-order valence-corrected chi connectivity index (χ0v) is 19.2. The molecule has 2 aliphatic rings. The molecule has 1 aromatic carbocycles. The average Bonchev–Trinajstić information content (AvgIpc) is 3.21. The Labute approximate surface area is 192 Å². The van der Waals surface area contributed by atoms with Crippen LogP contribution in [0.4, 0.5) is 4.39 Å². The maximum absolute atomic E-state index is 14.3. The smallest absolute Gasteiger partial charge is 0.199 e. The SMILES string of the molecule is CC1c2cc(F)ccc2CN(C)CC2=NC(C(C)C)CC(C#N)=C2c2cnc3n[nH]c1c3n2. The largest absolute Gasteiger partial charge is 0.296 e. The highest BCUT2D eigenvalue weighted by atomic mass is 19.1. The van der Waals surface area contributed by atoms with Gasteiger partial charge in [-0.1, -0.05) is 26.8 Å². The predicted molar refractivity (Wildman–Crippen MR) is 125 cm³/mol. The number of hydrogen-bond donors (Lipinski definition) is 1. The molecule has 1 N–H and O–H groups in total. The minimum absolute atomic E-state index is 0.0438. The number of aromatic amines is 1. The van der Waals surface area contributed by atoms with Crippen LogP contribution < -0.4 is 0 Å². The van der Waals surface area contributed by atoms with E-state index in [0.717, 1.165) is 28.1 Å². The minimum atomic E-state index is -0.272. The van der Waals surface area contributed by atoms with Crippen molar-refractivity contribution in [2.75, 3.05) is 13.6 Å². The predicted octanol–water partition coefficient (Wildman–Crippen LogP) is 4.24. The fourth-order valence-electron chi connectivity index (χ4n) is 4.81. The standard InChI is InChI=1S/C25H26FN7/c1-13(2)19-7-16(9-27)22-20-10-28-25-24(30-20)23(31-32-25)14(3)18-8-17(26)6-5-15(18)11-33(4)12-21(22)29-19/h5-6,8,10,13-14,19H,7,11-12H2,1-4H3,(H,28,31,32). The van der Waals surface area contributed by atoms with Crippen molar-refractivity contribution in [3.8, 4) is 6.07 Å². The third-order valence-corrected chi connectivity index (χ3v) is 6.64. The molecule has 7 nitrogen and oxygen atoms in total. The minimum Gasteiger partial charge on any atom is -0.296 e. The van der Waals surface area contributed by atoms with E-state index in [9.17, 15) is 9.65 Å². The fraction of sp³-hybridized carbons (Fsp3) is 0.400. The first-order valence-electron chi connectivity index (χ1n) is 11.2. The molecule has 0 saturated carbocycles. The second-order valence-corrected chi connectivity index (χ2v) is 9.36. The van der Waals surface area contributed by atoms with Crippen LogP contribution in [0, 0.1) is 23.1 Å². The van der Waals surface area contributed by atoms with Gasteiger partial charge < -0.3 is 0 Å². The second-order valence-electron chi connectivity index (χ2n) is 9.36. The van der Waals surface area contributed by atoms with Crippen LogP contribution >= 0.6 is 0 Å². The molecule has 0 radical (unpaired) electrons. The normalized spacial score (nSPS) is 21.3. The van der Waals surface area contributed by atoms with Crippen LogP contribution in [0.25, 0.3) is 16.7 Å². The average molecular weight is 444 g/mol. The summed E-state index contributed by atoms with van der Waals surface area (Å²) in [6, 6.07) is 7.40. The maximum atomic E-state index is 14.3. The summed E-state index contributed by atoms with van der Waals surface area (Å²) < 4.78 is 14.3. The van der Waals surface area contributed by atoms with E-state index in [-0.39, 0.29) is 17.8 Å². The fourth-order valence-corrected chi connectivity index (χ4v) is 4.81. The topological polar surface area (TPSA) is 93.9 Å². The van der Waals surface area contributed by atoms with E-state index in [2.05, 4.69) is 40.0 Å². The van der Waals surface area contributed by atoms with E-state index in [1.165, 1.54) is 6.07 Å². The van der Waals surface area contributed by atoms with Crippen molar-refractivity contribution in [3.63, 3.8) is 0 Å². The van der Waals surface area contributed by atoms with E-state index in [1.54, 1.807) is 12.3 Å². The lowest BCUT2D eigenvalue weighted by Crippen LogP contribution is -2.32. The lowest BCUT2D eigenvalue weighted by Gasteiger charge is -2.29. The number of fused-ring (bicyclic) bond motifs is 4. The molecule has 168 valence electrons. The van der Waals surface area contributed by atoms with E-state index < -0.39 is 0 Å². The summed E-state index contributed by atoms with van der Waals surface area (Å²) in [6.45, 7) is 7.45. The Kier molecular flexibility index (Phi) is 5.29. The number of H-pyrrole nitrogens is 1. The van der Waals surface area contributed by atoms with E-state index in [1.807, 2.05) is 20.0 Å².